The summed E-state index contributed by atoms with van der Waals surface area (Å²) in [7, 11) is 1.31. The Kier molecular flexibility index (Phi) is 6.93. The third-order valence-corrected chi connectivity index (χ3v) is 5.69. The fraction of sp³-hybridized carbons (Fsp3) is 0.143. The van der Waals surface area contributed by atoms with Gasteiger partial charge in [0.05, 0.1) is 30.3 Å². The zero-order chi connectivity index (χ0) is 25.6. The van der Waals surface area contributed by atoms with Crippen LogP contribution in [-0.2, 0) is 27.3 Å². The van der Waals surface area contributed by atoms with Crippen LogP contribution in [0.3, 0.4) is 0 Å². The molecule has 0 atom stereocenters. The predicted molar refractivity (Wildman–Crippen MR) is 134 cm³/mol. The highest BCUT2D eigenvalue weighted by molar-refractivity contribution is 6.07. The summed E-state index contributed by atoms with van der Waals surface area (Å²) in [6.45, 7) is -0.197. The van der Waals surface area contributed by atoms with E-state index in [1.165, 1.54) is 7.11 Å². The van der Waals surface area contributed by atoms with Gasteiger partial charge in [-0.15, -0.1) is 0 Å². The smallest absolute Gasteiger partial charge is 0.340 e. The lowest BCUT2D eigenvalue weighted by molar-refractivity contribution is -0.145. The van der Waals surface area contributed by atoms with Gasteiger partial charge in [-0.05, 0) is 23.8 Å². The molecular formula is C28H22N4O5. The Morgan fingerprint density at radius 3 is 2.49 bits per heavy atom. The second-order valence-electron chi connectivity index (χ2n) is 8.07. The summed E-state index contributed by atoms with van der Waals surface area (Å²) in [5.74, 6) is -0.413. The topological polar surface area (TPSA) is 117 Å². The molecule has 0 aliphatic heterocycles. The molecule has 3 aromatic heterocycles. The number of aromatic nitrogens is 4. The molecule has 0 aliphatic rings. The number of para-hydroxylation sites is 1. The molecule has 0 spiro atoms. The lowest BCUT2D eigenvalue weighted by atomic mass is 9.94. The molecule has 2 aromatic carbocycles. The quantitative estimate of drug-likeness (QED) is 0.280. The van der Waals surface area contributed by atoms with Crippen LogP contribution in [0.5, 0.6) is 0 Å². The molecule has 0 fully saturated rings. The van der Waals surface area contributed by atoms with Crippen molar-refractivity contribution in [3.05, 3.63) is 96.1 Å². The Labute approximate surface area is 212 Å². The molecule has 184 valence electrons. The number of esters is 2. The molecule has 5 aromatic rings. The molecule has 0 amide bonds. The van der Waals surface area contributed by atoms with Crippen molar-refractivity contribution in [1.82, 2.24) is 20.1 Å². The van der Waals surface area contributed by atoms with Crippen LogP contribution >= 0.6 is 0 Å². The van der Waals surface area contributed by atoms with Crippen molar-refractivity contribution in [3.8, 4) is 22.6 Å². The van der Waals surface area contributed by atoms with E-state index in [1.807, 2.05) is 60.7 Å². The maximum atomic E-state index is 12.9. The number of benzene rings is 2. The Hall–Kier alpha value is -4.92. The van der Waals surface area contributed by atoms with Gasteiger partial charge in [0, 0.05) is 23.6 Å². The van der Waals surface area contributed by atoms with Crippen molar-refractivity contribution < 1.29 is 23.6 Å². The van der Waals surface area contributed by atoms with Crippen LogP contribution in [0, 0.1) is 0 Å². The second kappa shape index (κ2) is 10.8. The van der Waals surface area contributed by atoms with Gasteiger partial charge in [0.25, 0.3) is 0 Å². The second-order valence-corrected chi connectivity index (χ2v) is 8.07. The monoisotopic (exact) mass is 494 g/mol. The Bertz CT molecular complexity index is 1550. The minimum Gasteiger partial charge on any atom is -0.465 e. The van der Waals surface area contributed by atoms with Gasteiger partial charge in [0.15, 0.2) is 0 Å². The first-order chi connectivity index (χ1) is 18.1. The number of hydrogen-bond acceptors (Lipinski definition) is 9. The van der Waals surface area contributed by atoms with Crippen molar-refractivity contribution in [2.24, 2.45) is 0 Å². The molecule has 0 bridgehead atoms. The van der Waals surface area contributed by atoms with Crippen LogP contribution in [0.1, 0.15) is 28.4 Å². The molecule has 0 unspecified atom stereocenters. The average Bonchev–Trinajstić information content (AvgIpc) is 3.44. The summed E-state index contributed by atoms with van der Waals surface area (Å²) in [4.78, 5) is 38.6. The van der Waals surface area contributed by atoms with Gasteiger partial charge >= 0.3 is 11.9 Å². The summed E-state index contributed by atoms with van der Waals surface area (Å²) in [6.07, 6.45) is 1.84. The van der Waals surface area contributed by atoms with Gasteiger partial charge < -0.3 is 14.0 Å². The first kappa shape index (κ1) is 23.8. The SMILES string of the molecule is COC(=O)c1c(COC(=O)CCc2nc(-c3ccccn3)no2)nc2ccccc2c1-c1ccccc1. The van der Waals surface area contributed by atoms with E-state index < -0.39 is 11.9 Å². The normalized spacial score (nSPS) is 10.8. The Balaban J connectivity index is 1.36. The van der Waals surface area contributed by atoms with Gasteiger partial charge in [-0.1, -0.05) is 59.8 Å². The minimum absolute atomic E-state index is 0.0104. The number of methoxy groups -OCH3 is 1. The zero-order valence-corrected chi connectivity index (χ0v) is 20.0. The van der Waals surface area contributed by atoms with E-state index in [9.17, 15) is 9.59 Å². The van der Waals surface area contributed by atoms with E-state index in [0.29, 0.717) is 34.2 Å². The molecule has 0 aliphatic carbocycles. The summed E-state index contributed by atoms with van der Waals surface area (Å²) >= 11 is 0. The van der Waals surface area contributed by atoms with E-state index in [2.05, 4.69) is 20.1 Å². The summed E-state index contributed by atoms with van der Waals surface area (Å²) in [6, 6.07) is 22.4. The zero-order valence-electron chi connectivity index (χ0n) is 20.0. The highest BCUT2D eigenvalue weighted by Gasteiger charge is 2.24. The number of aryl methyl sites for hydroxylation is 1. The molecular weight excluding hydrogens is 472 g/mol. The molecule has 0 N–H and O–H groups in total. The highest BCUT2D eigenvalue weighted by atomic mass is 16.5. The molecule has 0 saturated heterocycles. The van der Waals surface area contributed by atoms with Crippen LogP contribution < -0.4 is 0 Å². The average molecular weight is 495 g/mol. The minimum atomic E-state index is -0.559. The number of pyridine rings is 2. The van der Waals surface area contributed by atoms with E-state index in [0.717, 1.165) is 10.9 Å². The standard InChI is InChI=1S/C28H22N4O5/c1-35-28(34)26-22(30-20-12-6-5-11-19(20)25(26)18-9-3-2-4-10-18)17-36-24(33)15-14-23-31-27(32-37-23)21-13-7-8-16-29-21/h2-13,16H,14-15,17H2,1H3. The third kappa shape index (κ3) is 5.20. The van der Waals surface area contributed by atoms with Crippen LogP contribution in [0.15, 0.2) is 83.5 Å². The van der Waals surface area contributed by atoms with Crippen molar-refractivity contribution in [2.45, 2.75) is 19.4 Å². The van der Waals surface area contributed by atoms with Crippen molar-refractivity contribution in [2.75, 3.05) is 7.11 Å². The number of carbonyl (C=O) groups excluding carboxylic acids is 2. The molecule has 37 heavy (non-hydrogen) atoms. The first-order valence-corrected chi connectivity index (χ1v) is 11.6. The number of rotatable bonds is 8. The lowest BCUT2D eigenvalue weighted by Gasteiger charge is -2.16. The molecule has 9 heteroatoms. The van der Waals surface area contributed by atoms with Gasteiger partial charge in [-0.2, -0.15) is 4.98 Å². The third-order valence-electron chi connectivity index (χ3n) is 5.69. The van der Waals surface area contributed by atoms with Crippen LogP contribution in [0.2, 0.25) is 0 Å². The van der Waals surface area contributed by atoms with Gasteiger partial charge in [-0.25, -0.2) is 9.78 Å². The van der Waals surface area contributed by atoms with Crippen molar-refractivity contribution >= 4 is 22.8 Å². The Morgan fingerprint density at radius 2 is 1.70 bits per heavy atom. The number of hydrogen-bond donors (Lipinski definition) is 0. The molecule has 9 nitrogen and oxygen atoms in total. The fourth-order valence-electron chi connectivity index (χ4n) is 3.98. The number of ether oxygens (including phenoxy) is 2. The summed E-state index contributed by atoms with van der Waals surface area (Å²) in [5, 5.41) is 4.70. The van der Waals surface area contributed by atoms with Crippen LogP contribution in [0.4, 0.5) is 0 Å². The van der Waals surface area contributed by atoms with E-state index >= 15 is 0 Å². The van der Waals surface area contributed by atoms with Crippen molar-refractivity contribution in [1.29, 1.82) is 0 Å². The molecule has 5 rings (SSSR count). The number of nitrogens with zero attached hydrogens (tertiary/aromatic N) is 4. The van der Waals surface area contributed by atoms with Gasteiger partial charge in [0.2, 0.25) is 11.7 Å². The van der Waals surface area contributed by atoms with E-state index in [-0.39, 0.29) is 25.0 Å². The Morgan fingerprint density at radius 1 is 0.919 bits per heavy atom. The molecule has 3 heterocycles. The predicted octanol–water partition coefficient (Wildman–Crippen LogP) is 4.81. The van der Waals surface area contributed by atoms with Crippen LogP contribution in [-0.4, -0.2) is 39.2 Å². The summed E-state index contributed by atoms with van der Waals surface area (Å²) < 4.78 is 15.8. The maximum Gasteiger partial charge on any atom is 0.340 e. The number of carbonyl (C=O) groups is 2. The molecule has 0 radical (unpaired) electrons. The summed E-state index contributed by atoms with van der Waals surface area (Å²) in [5.41, 5.74) is 3.33. The highest BCUT2D eigenvalue weighted by Crippen LogP contribution is 2.34. The van der Waals surface area contributed by atoms with Crippen LogP contribution in [0.25, 0.3) is 33.5 Å². The first-order valence-electron chi connectivity index (χ1n) is 11.6. The fourth-order valence-corrected chi connectivity index (χ4v) is 3.98. The van der Waals surface area contributed by atoms with Crippen molar-refractivity contribution in [3.63, 3.8) is 0 Å². The number of fused-ring (bicyclic) bond motifs is 1. The maximum absolute atomic E-state index is 12.9. The lowest BCUT2D eigenvalue weighted by Crippen LogP contribution is -2.14. The van der Waals surface area contributed by atoms with E-state index in [4.69, 9.17) is 14.0 Å². The van der Waals surface area contributed by atoms with E-state index in [1.54, 1.807) is 18.3 Å². The largest absolute Gasteiger partial charge is 0.465 e. The van der Waals surface area contributed by atoms with Gasteiger partial charge in [-0.3, -0.25) is 9.78 Å². The van der Waals surface area contributed by atoms with Gasteiger partial charge in [0.1, 0.15) is 12.3 Å². The molecule has 0 saturated carbocycles.